The van der Waals surface area contributed by atoms with Crippen LogP contribution in [-0.4, -0.2) is 29.0 Å². The van der Waals surface area contributed by atoms with Gasteiger partial charge in [0.05, 0.1) is 7.11 Å². The SMILES string of the molecule is COc1ccc(C=CC(=O)c2cnc3sc(C(=O)O)c(C)c3c2)cc1. The highest BCUT2D eigenvalue weighted by atomic mass is 32.1. The number of ketones is 1. The number of aryl methyl sites for hydroxylation is 1. The Labute approximate surface area is 148 Å². The molecule has 0 amide bonds. The average Bonchev–Trinajstić information content (AvgIpc) is 2.96. The number of pyridine rings is 1. The molecule has 0 aliphatic heterocycles. The topological polar surface area (TPSA) is 76.5 Å². The molecule has 126 valence electrons. The molecular formula is C19H15NO4S. The van der Waals surface area contributed by atoms with Crippen molar-refractivity contribution in [1.29, 1.82) is 0 Å². The number of aromatic carboxylic acids is 1. The first kappa shape index (κ1) is 16.9. The number of benzene rings is 1. The van der Waals surface area contributed by atoms with Crippen LogP contribution in [0.1, 0.15) is 31.2 Å². The number of hydrogen-bond donors (Lipinski definition) is 1. The van der Waals surface area contributed by atoms with Gasteiger partial charge in [-0.05, 0) is 42.3 Å². The van der Waals surface area contributed by atoms with Crippen LogP contribution in [0.25, 0.3) is 16.3 Å². The lowest BCUT2D eigenvalue weighted by Gasteiger charge is -1.99. The normalized spacial score (nSPS) is 11.1. The Morgan fingerprint density at radius 3 is 2.60 bits per heavy atom. The minimum atomic E-state index is -0.979. The van der Waals surface area contributed by atoms with Gasteiger partial charge in [-0.15, -0.1) is 11.3 Å². The summed E-state index contributed by atoms with van der Waals surface area (Å²) in [6.45, 7) is 1.73. The minimum Gasteiger partial charge on any atom is -0.497 e. The van der Waals surface area contributed by atoms with E-state index >= 15 is 0 Å². The fourth-order valence-electron chi connectivity index (χ4n) is 2.42. The van der Waals surface area contributed by atoms with Gasteiger partial charge in [-0.1, -0.05) is 18.2 Å². The number of hydrogen-bond acceptors (Lipinski definition) is 5. The maximum absolute atomic E-state index is 12.4. The van der Waals surface area contributed by atoms with Crippen LogP contribution in [-0.2, 0) is 0 Å². The predicted octanol–water partition coefficient (Wildman–Crippen LogP) is 4.21. The molecule has 2 heterocycles. The number of aromatic nitrogens is 1. The molecule has 3 aromatic rings. The summed E-state index contributed by atoms with van der Waals surface area (Å²) in [5, 5.41) is 9.89. The summed E-state index contributed by atoms with van der Waals surface area (Å²) < 4.78 is 5.09. The Kier molecular flexibility index (Phi) is 4.63. The molecule has 0 unspecified atom stereocenters. The van der Waals surface area contributed by atoms with E-state index in [-0.39, 0.29) is 10.7 Å². The van der Waals surface area contributed by atoms with E-state index < -0.39 is 5.97 Å². The summed E-state index contributed by atoms with van der Waals surface area (Å²) >= 11 is 1.11. The van der Waals surface area contributed by atoms with Crippen molar-refractivity contribution >= 4 is 39.4 Å². The van der Waals surface area contributed by atoms with Gasteiger partial charge < -0.3 is 9.84 Å². The number of carbonyl (C=O) groups excluding carboxylic acids is 1. The molecule has 0 aliphatic rings. The Balaban J connectivity index is 1.87. The molecule has 0 saturated heterocycles. The van der Waals surface area contributed by atoms with E-state index in [0.29, 0.717) is 21.3 Å². The molecule has 0 saturated carbocycles. The molecule has 1 aromatic carbocycles. The van der Waals surface area contributed by atoms with Crippen LogP contribution >= 0.6 is 11.3 Å². The largest absolute Gasteiger partial charge is 0.497 e. The summed E-state index contributed by atoms with van der Waals surface area (Å²) in [4.78, 5) is 28.7. The molecule has 25 heavy (non-hydrogen) atoms. The smallest absolute Gasteiger partial charge is 0.346 e. The van der Waals surface area contributed by atoms with Crippen LogP contribution in [0.5, 0.6) is 5.75 Å². The first-order valence-electron chi connectivity index (χ1n) is 7.48. The van der Waals surface area contributed by atoms with E-state index in [9.17, 15) is 14.7 Å². The summed E-state index contributed by atoms with van der Waals surface area (Å²) in [6, 6.07) is 9.04. The second-order valence-electron chi connectivity index (χ2n) is 5.41. The number of rotatable bonds is 5. The van der Waals surface area contributed by atoms with Gasteiger partial charge in [0.15, 0.2) is 5.78 Å². The Hall–Kier alpha value is -2.99. The second kappa shape index (κ2) is 6.86. The third kappa shape index (κ3) is 3.44. The van der Waals surface area contributed by atoms with Gasteiger partial charge in [0.2, 0.25) is 0 Å². The van der Waals surface area contributed by atoms with E-state index in [1.165, 1.54) is 12.3 Å². The van der Waals surface area contributed by atoms with Gasteiger partial charge in [-0.25, -0.2) is 9.78 Å². The first-order chi connectivity index (χ1) is 12.0. The maximum atomic E-state index is 12.4. The lowest BCUT2D eigenvalue weighted by atomic mass is 10.1. The first-order valence-corrected chi connectivity index (χ1v) is 8.30. The molecule has 0 bridgehead atoms. The van der Waals surface area contributed by atoms with Crippen molar-refractivity contribution in [3.63, 3.8) is 0 Å². The van der Waals surface area contributed by atoms with E-state index in [1.807, 2.05) is 24.3 Å². The highest BCUT2D eigenvalue weighted by Gasteiger charge is 2.16. The predicted molar refractivity (Wildman–Crippen MR) is 97.7 cm³/mol. The van der Waals surface area contributed by atoms with Gasteiger partial charge in [-0.3, -0.25) is 4.79 Å². The van der Waals surface area contributed by atoms with Crippen LogP contribution in [0, 0.1) is 6.92 Å². The summed E-state index contributed by atoms with van der Waals surface area (Å²) in [7, 11) is 1.60. The Morgan fingerprint density at radius 2 is 1.96 bits per heavy atom. The molecule has 0 spiro atoms. The van der Waals surface area contributed by atoms with Crippen molar-refractivity contribution in [1.82, 2.24) is 4.98 Å². The summed E-state index contributed by atoms with van der Waals surface area (Å²) in [6.07, 6.45) is 4.67. The Bertz CT molecular complexity index is 987. The van der Waals surface area contributed by atoms with Crippen molar-refractivity contribution in [3.05, 3.63) is 64.2 Å². The number of carboxylic acid groups (broad SMARTS) is 1. The number of nitrogens with zero attached hydrogens (tertiary/aromatic N) is 1. The standard InChI is InChI=1S/C19H15NO4S/c1-11-15-9-13(10-20-18(15)25-17(11)19(22)23)16(21)8-5-12-3-6-14(24-2)7-4-12/h3-10H,1-2H3,(H,22,23). The van der Waals surface area contributed by atoms with E-state index in [1.54, 1.807) is 26.2 Å². The van der Waals surface area contributed by atoms with E-state index in [2.05, 4.69) is 4.98 Å². The number of methoxy groups -OCH3 is 1. The quantitative estimate of drug-likeness (QED) is 0.549. The molecule has 1 N–H and O–H groups in total. The van der Waals surface area contributed by atoms with Crippen LogP contribution in [0.3, 0.4) is 0 Å². The summed E-state index contributed by atoms with van der Waals surface area (Å²) in [5.74, 6) is -0.416. The second-order valence-corrected chi connectivity index (χ2v) is 6.41. The number of ether oxygens (including phenoxy) is 1. The van der Waals surface area contributed by atoms with Gasteiger partial charge in [0.25, 0.3) is 0 Å². The van der Waals surface area contributed by atoms with Gasteiger partial charge in [0.1, 0.15) is 15.5 Å². The van der Waals surface area contributed by atoms with Crippen molar-refractivity contribution < 1.29 is 19.4 Å². The van der Waals surface area contributed by atoms with Crippen molar-refractivity contribution in [2.75, 3.05) is 7.11 Å². The van der Waals surface area contributed by atoms with Crippen molar-refractivity contribution in [2.45, 2.75) is 6.92 Å². The number of carbonyl (C=O) groups is 2. The van der Waals surface area contributed by atoms with Crippen molar-refractivity contribution in [3.8, 4) is 5.75 Å². The zero-order chi connectivity index (χ0) is 18.0. The molecule has 2 aromatic heterocycles. The highest BCUT2D eigenvalue weighted by Crippen LogP contribution is 2.30. The zero-order valence-electron chi connectivity index (χ0n) is 13.6. The van der Waals surface area contributed by atoms with E-state index in [4.69, 9.17) is 4.74 Å². The fraction of sp³-hybridized carbons (Fsp3) is 0.105. The molecule has 5 nitrogen and oxygen atoms in total. The lowest BCUT2D eigenvalue weighted by Crippen LogP contribution is -1.96. The maximum Gasteiger partial charge on any atom is 0.346 e. The van der Waals surface area contributed by atoms with Gasteiger partial charge in [0, 0.05) is 17.1 Å². The fourth-order valence-corrected chi connectivity index (χ4v) is 3.39. The van der Waals surface area contributed by atoms with Crippen LogP contribution in [0.15, 0.2) is 42.6 Å². The molecule has 0 radical (unpaired) electrons. The minimum absolute atomic E-state index is 0.187. The van der Waals surface area contributed by atoms with E-state index in [0.717, 1.165) is 22.6 Å². The molecule has 6 heteroatoms. The number of fused-ring (bicyclic) bond motifs is 1. The lowest BCUT2D eigenvalue weighted by molar-refractivity contribution is 0.0701. The number of allylic oxidation sites excluding steroid dienone is 1. The highest BCUT2D eigenvalue weighted by molar-refractivity contribution is 7.20. The van der Waals surface area contributed by atoms with Crippen LogP contribution < -0.4 is 4.74 Å². The molecular weight excluding hydrogens is 338 g/mol. The monoisotopic (exact) mass is 353 g/mol. The van der Waals surface area contributed by atoms with Gasteiger partial charge in [-0.2, -0.15) is 0 Å². The van der Waals surface area contributed by atoms with Crippen molar-refractivity contribution in [2.24, 2.45) is 0 Å². The van der Waals surface area contributed by atoms with Crippen LogP contribution in [0.2, 0.25) is 0 Å². The summed E-state index contributed by atoms with van der Waals surface area (Å²) in [5.41, 5.74) is 1.94. The van der Waals surface area contributed by atoms with Crippen LogP contribution in [0.4, 0.5) is 0 Å². The third-order valence-corrected chi connectivity index (χ3v) is 5.02. The van der Waals surface area contributed by atoms with Gasteiger partial charge >= 0.3 is 5.97 Å². The molecule has 3 rings (SSSR count). The average molecular weight is 353 g/mol. The molecule has 0 fully saturated rings. The number of carboxylic acids is 1. The Morgan fingerprint density at radius 1 is 1.24 bits per heavy atom. The zero-order valence-corrected chi connectivity index (χ0v) is 14.5. The molecule has 0 aliphatic carbocycles. The third-order valence-electron chi connectivity index (χ3n) is 3.82. The number of thiophene rings is 1. The molecule has 0 atom stereocenters.